The summed E-state index contributed by atoms with van der Waals surface area (Å²) >= 11 is 6.31. The molecule has 1 unspecified atom stereocenters. The number of amides is 1. The average Bonchev–Trinajstić information content (AvgIpc) is 2.90. The Kier molecular flexibility index (Phi) is 8.45. The van der Waals surface area contributed by atoms with Gasteiger partial charge in [0.2, 0.25) is 5.91 Å². The van der Waals surface area contributed by atoms with Crippen LogP contribution >= 0.6 is 11.6 Å². The van der Waals surface area contributed by atoms with E-state index in [9.17, 15) is 13.2 Å². The monoisotopic (exact) mass is 539 g/mol. The van der Waals surface area contributed by atoms with E-state index >= 15 is 0 Å². The van der Waals surface area contributed by atoms with Crippen molar-refractivity contribution in [3.63, 3.8) is 0 Å². The SMILES string of the molecule is Cc1c(Cl)cccc1N(CC(=O)NC(C)c1ccc(N2CCC(C)CC2)cc1)S(=O)(=O)c1ccccc1. The fourth-order valence-electron chi connectivity index (χ4n) is 4.63. The largest absolute Gasteiger partial charge is 0.372 e. The maximum absolute atomic E-state index is 13.6. The number of benzene rings is 3. The molecule has 1 aliphatic heterocycles. The van der Waals surface area contributed by atoms with E-state index in [4.69, 9.17) is 11.6 Å². The molecular formula is C29H34ClN3O3S. The van der Waals surface area contributed by atoms with E-state index in [1.807, 2.05) is 19.1 Å². The molecule has 4 rings (SSSR count). The van der Waals surface area contributed by atoms with E-state index < -0.39 is 15.9 Å². The van der Waals surface area contributed by atoms with E-state index in [0.717, 1.165) is 28.9 Å². The van der Waals surface area contributed by atoms with E-state index in [0.29, 0.717) is 16.3 Å². The number of carbonyl (C=O) groups is 1. The first-order valence-electron chi connectivity index (χ1n) is 12.6. The number of piperidine rings is 1. The van der Waals surface area contributed by atoms with Gasteiger partial charge in [-0.1, -0.05) is 54.9 Å². The molecule has 0 radical (unpaired) electrons. The minimum absolute atomic E-state index is 0.109. The van der Waals surface area contributed by atoms with Crippen LogP contribution in [-0.2, 0) is 14.8 Å². The van der Waals surface area contributed by atoms with Gasteiger partial charge in [0.05, 0.1) is 16.6 Å². The molecule has 8 heteroatoms. The van der Waals surface area contributed by atoms with Crippen LogP contribution in [0, 0.1) is 12.8 Å². The first kappa shape index (κ1) is 27.0. The number of nitrogens with one attached hydrogen (secondary N) is 1. The van der Waals surface area contributed by atoms with Gasteiger partial charge in [-0.3, -0.25) is 9.10 Å². The number of rotatable bonds is 8. The van der Waals surface area contributed by atoms with Crippen molar-refractivity contribution in [2.45, 2.75) is 44.6 Å². The van der Waals surface area contributed by atoms with Crippen molar-refractivity contribution >= 4 is 38.9 Å². The Bertz CT molecular complexity index is 1320. The van der Waals surface area contributed by atoms with E-state index in [1.165, 1.54) is 30.7 Å². The van der Waals surface area contributed by atoms with Gasteiger partial charge in [-0.25, -0.2) is 8.42 Å². The number of carbonyl (C=O) groups excluding carboxylic acids is 1. The number of halogens is 1. The van der Waals surface area contributed by atoms with E-state index in [2.05, 4.69) is 29.3 Å². The summed E-state index contributed by atoms with van der Waals surface area (Å²) in [5.74, 6) is 0.368. The van der Waals surface area contributed by atoms with E-state index in [-0.39, 0.29) is 17.5 Å². The molecule has 1 atom stereocenters. The summed E-state index contributed by atoms with van der Waals surface area (Å²) in [6, 6.07) is 21.1. The molecule has 1 heterocycles. The maximum Gasteiger partial charge on any atom is 0.264 e. The molecule has 196 valence electrons. The molecular weight excluding hydrogens is 506 g/mol. The maximum atomic E-state index is 13.6. The summed E-state index contributed by atoms with van der Waals surface area (Å²) in [6.07, 6.45) is 2.39. The number of hydrogen-bond acceptors (Lipinski definition) is 4. The number of nitrogens with zero attached hydrogens (tertiary/aromatic N) is 2. The Morgan fingerprint density at radius 3 is 2.32 bits per heavy atom. The second kappa shape index (κ2) is 11.6. The molecule has 3 aromatic rings. The zero-order valence-electron chi connectivity index (χ0n) is 21.5. The molecule has 0 aliphatic carbocycles. The van der Waals surface area contributed by atoms with Gasteiger partial charge in [-0.2, -0.15) is 0 Å². The third-order valence-corrected chi connectivity index (χ3v) is 9.23. The standard InChI is InChI=1S/C29H34ClN3O3S/c1-21-16-18-32(19-17-21)25-14-12-24(13-15-25)23(3)31-29(34)20-33(28-11-7-10-27(30)22(28)2)37(35,36)26-8-5-4-6-9-26/h4-15,21,23H,16-20H2,1-3H3,(H,31,34). The van der Waals surface area contributed by atoms with Crippen molar-refractivity contribution in [3.8, 4) is 0 Å². The highest BCUT2D eigenvalue weighted by Gasteiger charge is 2.29. The average molecular weight is 540 g/mol. The van der Waals surface area contributed by atoms with Crippen molar-refractivity contribution < 1.29 is 13.2 Å². The molecule has 0 aromatic heterocycles. The Labute approximate surface area is 225 Å². The highest BCUT2D eigenvalue weighted by Crippen LogP contribution is 2.31. The quantitative estimate of drug-likeness (QED) is 0.383. The van der Waals surface area contributed by atoms with Crippen LogP contribution in [0.1, 0.15) is 43.9 Å². The van der Waals surface area contributed by atoms with Crippen molar-refractivity contribution in [2.24, 2.45) is 5.92 Å². The van der Waals surface area contributed by atoms with Crippen molar-refractivity contribution in [2.75, 3.05) is 28.8 Å². The summed E-state index contributed by atoms with van der Waals surface area (Å²) < 4.78 is 28.3. The zero-order chi connectivity index (χ0) is 26.6. The second-order valence-electron chi connectivity index (χ2n) is 9.76. The minimum atomic E-state index is -4.00. The summed E-state index contributed by atoms with van der Waals surface area (Å²) in [5.41, 5.74) is 3.11. The Hall–Kier alpha value is -3.03. The number of sulfonamides is 1. The second-order valence-corrected chi connectivity index (χ2v) is 12.0. The zero-order valence-corrected chi connectivity index (χ0v) is 23.1. The lowest BCUT2D eigenvalue weighted by Gasteiger charge is -2.32. The van der Waals surface area contributed by atoms with Crippen molar-refractivity contribution in [3.05, 3.63) is 88.9 Å². The van der Waals surface area contributed by atoms with Crippen LogP contribution < -0.4 is 14.5 Å². The van der Waals surface area contributed by atoms with Gasteiger partial charge in [0.1, 0.15) is 6.54 Å². The predicted octanol–water partition coefficient (Wildman–Crippen LogP) is 5.96. The van der Waals surface area contributed by atoms with Gasteiger partial charge < -0.3 is 10.2 Å². The molecule has 1 saturated heterocycles. The Balaban J connectivity index is 1.51. The van der Waals surface area contributed by atoms with Crippen LogP contribution in [0.3, 0.4) is 0 Å². The minimum Gasteiger partial charge on any atom is -0.372 e. The van der Waals surface area contributed by atoms with Crippen molar-refractivity contribution in [1.82, 2.24) is 5.32 Å². The lowest BCUT2D eigenvalue weighted by atomic mass is 9.98. The molecule has 0 spiro atoms. The summed E-state index contributed by atoms with van der Waals surface area (Å²) in [7, 11) is -4.00. The number of hydrogen-bond donors (Lipinski definition) is 1. The van der Waals surface area contributed by atoms with Gasteiger partial charge in [-0.05, 0) is 80.1 Å². The first-order valence-corrected chi connectivity index (χ1v) is 14.5. The molecule has 0 bridgehead atoms. The van der Waals surface area contributed by atoms with Crippen LogP contribution in [0.15, 0.2) is 77.7 Å². The molecule has 1 fully saturated rings. The number of anilines is 2. The molecule has 0 saturated carbocycles. The van der Waals surface area contributed by atoms with Gasteiger partial charge in [0.15, 0.2) is 0 Å². The van der Waals surface area contributed by atoms with Gasteiger partial charge >= 0.3 is 0 Å². The topological polar surface area (TPSA) is 69.7 Å². The predicted molar refractivity (Wildman–Crippen MR) is 151 cm³/mol. The van der Waals surface area contributed by atoms with Crippen LogP contribution in [0.4, 0.5) is 11.4 Å². The summed E-state index contributed by atoms with van der Waals surface area (Å²) in [6.45, 7) is 7.69. The third kappa shape index (κ3) is 6.28. The molecule has 1 aliphatic rings. The molecule has 1 amide bonds. The van der Waals surface area contributed by atoms with Crippen LogP contribution in [0.5, 0.6) is 0 Å². The Morgan fingerprint density at radius 1 is 1.03 bits per heavy atom. The molecule has 3 aromatic carbocycles. The summed E-state index contributed by atoms with van der Waals surface area (Å²) in [4.78, 5) is 15.7. The highest BCUT2D eigenvalue weighted by molar-refractivity contribution is 7.92. The normalized spacial score (nSPS) is 15.3. The first-order chi connectivity index (χ1) is 17.7. The fraction of sp³-hybridized carbons (Fsp3) is 0.345. The van der Waals surface area contributed by atoms with Crippen LogP contribution in [0.25, 0.3) is 0 Å². The Morgan fingerprint density at radius 2 is 1.68 bits per heavy atom. The third-order valence-electron chi connectivity index (χ3n) is 7.05. The van der Waals surface area contributed by atoms with Gasteiger partial charge in [0, 0.05) is 23.8 Å². The van der Waals surface area contributed by atoms with Crippen molar-refractivity contribution in [1.29, 1.82) is 0 Å². The fourth-order valence-corrected chi connectivity index (χ4v) is 6.30. The highest BCUT2D eigenvalue weighted by atomic mass is 35.5. The lowest BCUT2D eigenvalue weighted by Crippen LogP contribution is -2.42. The smallest absolute Gasteiger partial charge is 0.264 e. The molecule has 6 nitrogen and oxygen atoms in total. The molecule has 1 N–H and O–H groups in total. The van der Waals surface area contributed by atoms with Crippen LogP contribution in [0.2, 0.25) is 5.02 Å². The van der Waals surface area contributed by atoms with Gasteiger partial charge in [0.25, 0.3) is 10.0 Å². The van der Waals surface area contributed by atoms with Crippen LogP contribution in [-0.4, -0.2) is 34.0 Å². The van der Waals surface area contributed by atoms with E-state index in [1.54, 1.807) is 43.3 Å². The lowest BCUT2D eigenvalue weighted by molar-refractivity contribution is -0.120. The molecule has 37 heavy (non-hydrogen) atoms. The van der Waals surface area contributed by atoms with Gasteiger partial charge in [-0.15, -0.1) is 0 Å². The summed E-state index contributed by atoms with van der Waals surface area (Å²) in [5, 5.41) is 3.40.